The molecule has 1 saturated heterocycles. The molecule has 2 heterocycles. The highest BCUT2D eigenvalue weighted by Gasteiger charge is 2.17. The molecule has 2 N–H and O–H groups in total. The normalized spacial score (nSPS) is 20.8. The van der Waals surface area contributed by atoms with Crippen LogP contribution in [0.1, 0.15) is 31.9 Å². The van der Waals surface area contributed by atoms with Gasteiger partial charge in [-0.25, -0.2) is 4.98 Å². The Balaban J connectivity index is 1.83. The van der Waals surface area contributed by atoms with Crippen LogP contribution in [0.3, 0.4) is 0 Å². The van der Waals surface area contributed by atoms with E-state index in [1.165, 1.54) is 31.5 Å². The van der Waals surface area contributed by atoms with E-state index in [2.05, 4.69) is 27.1 Å². The van der Waals surface area contributed by atoms with Crippen molar-refractivity contribution in [3.63, 3.8) is 0 Å². The molecule has 1 aromatic rings. The first-order valence-electron chi connectivity index (χ1n) is 6.31. The van der Waals surface area contributed by atoms with Crippen molar-refractivity contribution in [1.29, 1.82) is 0 Å². The summed E-state index contributed by atoms with van der Waals surface area (Å²) in [6.07, 6.45) is 7.54. The first-order valence-corrected chi connectivity index (χ1v) is 6.31. The molecule has 1 aliphatic heterocycles. The van der Waals surface area contributed by atoms with E-state index >= 15 is 0 Å². The van der Waals surface area contributed by atoms with Crippen LogP contribution in [-0.4, -0.2) is 40.5 Å². The van der Waals surface area contributed by atoms with Crippen molar-refractivity contribution in [2.75, 3.05) is 19.6 Å². The Hall–Kier alpha value is -0.870. The van der Waals surface area contributed by atoms with Gasteiger partial charge in [0.2, 0.25) is 0 Å². The van der Waals surface area contributed by atoms with Crippen molar-refractivity contribution >= 4 is 0 Å². The van der Waals surface area contributed by atoms with E-state index < -0.39 is 0 Å². The van der Waals surface area contributed by atoms with Gasteiger partial charge in [-0.15, -0.1) is 0 Å². The molecule has 0 radical (unpaired) electrons. The van der Waals surface area contributed by atoms with Crippen LogP contribution in [0.5, 0.6) is 0 Å². The SMILES string of the molecule is CCCN(Cc1cnc[nH]1)CC1CCCN1. The lowest BCUT2D eigenvalue weighted by Gasteiger charge is -2.24. The van der Waals surface area contributed by atoms with E-state index in [1.807, 2.05) is 6.20 Å². The molecule has 1 aliphatic rings. The van der Waals surface area contributed by atoms with Crippen molar-refractivity contribution in [3.8, 4) is 0 Å². The Morgan fingerprint density at radius 1 is 1.56 bits per heavy atom. The van der Waals surface area contributed by atoms with Crippen LogP contribution in [0.15, 0.2) is 12.5 Å². The minimum absolute atomic E-state index is 0.689. The molecule has 4 heteroatoms. The summed E-state index contributed by atoms with van der Waals surface area (Å²) in [5.41, 5.74) is 1.21. The lowest BCUT2D eigenvalue weighted by Crippen LogP contribution is -2.37. The highest BCUT2D eigenvalue weighted by atomic mass is 15.2. The number of nitrogens with zero attached hydrogens (tertiary/aromatic N) is 2. The van der Waals surface area contributed by atoms with Gasteiger partial charge in [0.15, 0.2) is 0 Å². The van der Waals surface area contributed by atoms with Crippen LogP contribution >= 0.6 is 0 Å². The Morgan fingerprint density at radius 2 is 2.50 bits per heavy atom. The number of nitrogens with one attached hydrogen (secondary N) is 2. The van der Waals surface area contributed by atoms with Gasteiger partial charge in [-0.3, -0.25) is 4.90 Å². The molecule has 0 aliphatic carbocycles. The summed E-state index contributed by atoms with van der Waals surface area (Å²) in [4.78, 5) is 9.76. The van der Waals surface area contributed by atoms with Gasteiger partial charge in [-0.1, -0.05) is 6.92 Å². The fourth-order valence-corrected chi connectivity index (χ4v) is 2.39. The molecule has 16 heavy (non-hydrogen) atoms. The molecule has 0 bridgehead atoms. The van der Waals surface area contributed by atoms with Crippen LogP contribution in [0.4, 0.5) is 0 Å². The molecule has 1 fully saturated rings. The Morgan fingerprint density at radius 3 is 3.12 bits per heavy atom. The number of rotatable bonds is 6. The lowest BCUT2D eigenvalue weighted by atomic mass is 10.2. The third-order valence-corrected chi connectivity index (χ3v) is 3.13. The summed E-state index contributed by atoms with van der Waals surface area (Å²) >= 11 is 0. The van der Waals surface area contributed by atoms with E-state index in [9.17, 15) is 0 Å². The zero-order valence-electron chi connectivity index (χ0n) is 10.1. The second kappa shape index (κ2) is 6.01. The maximum atomic E-state index is 4.07. The number of aromatic amines is 1. The maximum Gasteiger partial charge on any atom is 0.0922 e. The second-order valence-corrected chi connectivity index (χ2v) is 4.61. The van der Waals surface area contributed by atoms with Crippen LogP contribution in [-0.2, 0) is 6.54 Å². The topological polar surface area (TPSA) is 44.0 Å². The smallest absolute Gasteiger partial charge is 0.0922 e. The van der Waals surface area contributed by atoms with Gasteiger partial charge in [0, 0.05) is 31.0 Å². The number of hydrogen-bond acceptors (Lipinski definition) is 3. The van der Waals surface area contributed by atoms with E-state index in [0.717, 1.165) is 19.6 Å². The number of imidazole rings is 1. The minimum atomic E-state index is 0.689. The first-order chi connectivity index (χ1) is 7.88. The predicted octanol–water partition coefficient (Wildman–Crippen LogP) is 1.37. The molecule has 0 amide bonds. The number of aromatic nitrogens is 2. The molecule has 1 atom stereocenters. The van der Waals surface area contributed by atoms with Gasteiger partial charge in [0.05, 0.1) is 6.33 Å². The Kier molecular flexibility index (Phi) is 4.36. The molecule has 0 aromatic carbocycles. The predicted molar refractivity (Wildman–Crippen MR) is 65.2 cm³/mol. The molecular weight excluding hydrogens is 200 g/mol. The van der Waals surface area contributed by atoms with E-state index in [0.29, 0.717) is 6.04 Å². The highest BCUT2D eigenvalue weighted by molar-refractivity contribution is 4.94. The molecule has 1 unspecified atom stereocenters. The molecule has 90 valence electrons. The Labute approximate surface area is 97.4 Å². The summed E-state index contributed by atoms with van der Waals surface area (Å²) in [6.45, 7) is 6.74. The van der Waals surface area contributed by atoms with Crippen molar-refractivity contribution in [3.05, 3.63) is 18.2 Å². The standard InChI is InChI=1S/C12H22N4/c1-2-6-16(8-11-4-3-5-14-11)9-12-7-13-10-15-12/h7,10-11,14H,2-6,8-9H2,1H3,(H,13,15). The second-order valence-electron chi connectivity index (χ2n) is 4.61. The van der Waals surface area contributed by atoms with Crippen molar-refractivity contribution in [2.45, 2.75) is 38.8 Å². The molecule has 4 nitrogen and oxygen atoms in total. The molecule has 0 saturated carbocycles. The van der Waals surface area contributed by atoms with Gasteiger partial charge in [-0.2, -0.15) is 0 Å². The molecule has 1 aromatic heterocycles. The zero-order chi connectivity index (χ0) is 11.2. The lowest BCUT2D eigenvalue weighted by molar-refractivity contribution is 0.239. The third kappa shape index (κ3) is 3.32. The molecule has 0 spiro atoms. The Bertz CT molecular complexity index is 277. The van der Waals surface area contributed by atoms with Crippen LogP contribution in [0.25, 0.3) is 0 Å². The zero-order valence-corrected chi connectivity index (χ0v) is 10.1. The van der Waals surface area contributed by atoms with Crippen molar-refractivity contribution < 1.29 is 0 Å². The van der Waals surface area contributed by atoms with Crippen LogP contribution in [0, 0.1) is 0 Å². The van der Waals surface area contributed by atoms with Crippen molar-refractivity contribution in [2.24, 2.45) is 0 Å². The quantitative estimate of drug-likeness (QED) is 0.764. The van der Waals surface area contributed by atoms with Crippen LogP contribution in [0.2, 0.25) is 0 Å². The number of H-pyrrole nitrogens is 1. The minimum Gasteiger partial charge on any atom is -0.347 e. The maximum absolute atomic E-state index is 4.07. The highest BCUT2D eigenvalue weighted by Crippen LogP contribution is 2.09. The van der Waals surface area contributed by atoms with Gasteiger partial charge in [0.1, 0.15) is 0 Å². The summed E-state index contributed by atoms with van der Waals surface area (Å²) < 4.78 is 0. The average Bonchev–Trinajstić information content (AvgIpc) is 2.91. The van der Waals surface area contributed by atoms with Gasteiger partial charge >= 0.3 is 0 Å². The monoisotopic (exact) mass is 222 g/mol. The van der Waals surface area contributed by atoms with Gasteiger partial charge < -0.3 is 10.3 Å². The fraction of sp³-hybridized carbons (Fsp3) is 0.750. The molecule has 2 rings (SSSR count). The number of hydrogen-bond donors (Lipinski definition) is 2. The average molecular weight is 222 g/mol. The van der Waals surface area contributed by atoms with E-state index in [-0.39, 0.29) is 0 Å². The van der Waals surface area contributed by atoms with E-state index in [4.69, 9.17) is 0 Å². The first kappa shape index (κ1) is 11.6. The summed E-state index contributed by atoms with van der Waals surface area (Å²) in [6, 6.07) is 0.689. The van der Waals surface area contributed by atoms with Gasteiger partial charge in [0.25, 0.3) is 0 Å². The third-order valence-electron chi connectivity index (χ3n) is 3.13. The summed E-state index contributed by atoms with van der Waals surface area (Å²) in [5, 5.41) is 3.56. The summed E-state index contributed by atoms with van der Waals surface area (Å²) in [7, 11) is 0. The fourth-order valence-electron chi connectivity index (χ4n) is 2.39. The van der Waals surface area contributed by atoms with Gasteiger partial charge in [-0.05, 0) is 32.4 Å². The van der Waals surface area contributed by atoms with E-state index in [1.54, 1.807) is 6.33 Å². The van der Waals surface area contributed by atoms with Crippen LogP contribution < -0.4 is 5.32 Å². The largest absolute Gasteiger partial charge is 0.347 e. The van der Waals surface area contributed by atoms with Crippen molar-refractivity contribution in [1.82, 2.24) is 20.2 Å². The summed E-state index contributed by atoms with van der Waals surface area (Å²) in [5.74, 6) is 0. The molecular formula is C12H22N4.